The van der Waals surface area contributed by atoms with Gasteiger partial charge < -0.3 is 13.8 Å². The van der Waals surface area contributed by atoms with E-state index in [0.717, 1.165) is 12.0 Å². The highest BCUT2D eigenvalue weighted by molar-refractivity contribution is 7.87. The Labute approximate surface area is 189 Å². The average molecular weight is 460 g/mol. The van der Waals surface area contributed by atoms with Crippen molar-refractivity contribution in [3.05, 3.63) is 59.2 Å². The van der Waals surface area contributed by atoms with Crippen LogP contribution in [0.5, 0.6) is 5.75 Å². The van der Waals surface area contributed by atoms with Crippen LogP contribution in [0, 0.1) is 25.7 Å². The Morgan fingerprint density at radius 1 is 1.03 bits per heavy atom. The zero-order valence-corrected chi connectivity index (χ0v) is 19.6. The summed E-state index contributed by atoms with van der Waals surface area (Å²) in [6, 6.07) is 10.9. The highest BCUT2D eigenvalue weighted by Crippen LogP contribution is 2.26. The lowest BCUT2D eigenvalue weighted by Gasteiger charge is -2.34. The van der Waals surface area contributed by atoms with E-state index in [1.807, 2.05) is 0 Å². The summed E-state index contributed by atoms with van der Waals surface area (Å²) >= 11 is 0. The molecule has 7 nitrogen and oxygen atoms in total. The molecule has 2 aromatic carbocycles. The molecule has 0 unspecified atom stereocenters. The summed E-state index contributed by atoms with van der Waals surface area (Å²) in [5.74, 6) is -0.446. The largest absolute Gasteiger partial charge is 0.452 e. The predicted molar refractivity (Wildman–Crippen MR) is 120 cm³/mol. The Hall–Kier alpha value is -2.87. The average Bonchev–Trinajstić information content (AvgIpc) is 2.72. The molecule has 1 saturated heterocycles. The number of ether oxygens (including phenoxy) is 1. The van der Waals surface area contributed by atoms with Gasteiger partial charge in [-0.1, -0.05) is 38.1 Å². The molecule has 32 heavy (non-hydrogen) atoms. The quantitative estimate of drug-likeness (QED) is 0.483. The molecule has 3 rings (SSSR count). The van der Waals surface area contributed by atoms with E-state index < -0.39 is 22.7 Å². The van der Waals surface area contributed by atoms with Crippen molar-refractivity contribution in [2.45, 2.75) is 39.0 Å². The summed E-state index contributed by atoms with van der Waals surface area (Å²) in [6.07, 6.45) is 1.06. The van der Waals surface area contributed by atoms with Gasteiger partial charge in [-0.15, -0.1) is 0 Å². The van der Waals surface area contributed by atoms with Crippen molar-refractivity contribution in [3.8, 4) is 5.75 Å². The SMILES string of the molecule is Cc1ccc(C)c(S(=O)(=O)Oc2ccccc2C(=O)OCC(=O)N2C[C@H](C)C[C@H](C)C2)c1. The number of hydrogen-bond acceptors (Lipinski definition) is 6. The maximum Gasteiger partial charge on any atom is 0.342 e. The van der Waals surface area contributed by atoms with Crippen LogP contribution in [0.2, 0.25) is 0 Å². The monoisotopic (exact) mass is 459 g/mol. The molecule has 0 aliphatic carbocycles. The summed E-state index contributed by atoms with van der Waals surface area (Å²) in [7, 11) is -4.17. The minimum Gasteiger partial charge on any atom is -0.452 e. The number of likely N-dealkylation sites (tertiary alicyclic amines) is 1. The Morgan fingerprint density at radius 3 is 2.38 bits per heavy atom. The molecule has 0 saturated carbocycles. The molecule has 0 bridgehead atoms. The van der Waals surface area contributed by atoms with E-state index in [4.69, 9.17) is 8.92 Å². The maximum absolute atomic E-state index is 12.8. The van der Waals surface area contributed by atoms with E-state index in [9.17, 15) is 18.0 Å². The molecular formula is C24H29NO6S. The highest BCUT2D eigenvalue weighted by Gasteiger charge is 2.27. The summed E-state index contributed by atoms with van der Waals surface area (Å²) in [6.45, 7) is 8.49. The first-order chi connectivity index (χ1) is 15.1. The Balaban J connectivity index is 1.72. The van der Waals surface area contributed by atoms with Crippen molar-refractivity contribution in [2.24, 2.45) is 11.8 Å². The standard InChI is InChI=1S/C24H29NO6S/c1-16-9-10-19(4)22(12-16)32(28,29)31-21-8-6-5-7-20(21)24(27)30-15-23(26)25-13-17(2)11-18(3)14-25/h5-10,12,17-18H,11,13-15H2,1-4H3/t17-,18+. The molecule has 2 atom stereocenters. The van der Waals surface area contributed by atoms with Crippen molar-refractivity contribution < 1.29 is 26.9 Å². The number of carbonyl (C=O) groups excluding carboxylic acids is 2. The Kier molecular flexibility index (Phi) is 7.23. The van der Waals surface area contributed by atoms with Crippen LogP contribution < -0.4 is 4.18 Å². The minimum atomic E-state index is -4.17. The fraction of sp³-hybridized carbons (Fsp3) is 0.417. The third-order valence-electron chi connectivity index (χ3n) is 5.47. The van der Waals surface area contributed by atoms with Gasteiger partial charge in [-0.2, -0.15) is 8.42 Å². The number of nitrogens with zero attached hydrogens (tertiary/aromatic N) is 1. The number of benzene rings is 2. The molecule has 8 heteroatoms. The first-order valence-corrected chi connectivity index (χ1v) is 12.0. The van der Waals surface area contributed by atoms with Crippen LogP contribution >= 0.6 is 0 Å². The summed E-state index contributed by atoms with van der Waals surface area (Å²) in [5.41, 5.74) is 1.24. The fourth-order valence-corrected chi connectivity index (χ4v) is 5.27. The number of para-hydroxylation sites is 1. The van der Waals surface area contributed by atoms with E-state index >= 15 is 0 Å². The van der Waals surface area contributed by atoms with Gasteiger partial charge in [0.15, 0.2) is 12.4 Å². The van der Waals surface area contributed by atoms with Gasteiger partial charge in [-0.25, -0.2) is 4.79 Å². The smallest absolute Gasteiger partial charge is 0.342 e. The van der Waals surface area contributed by atoms with Gasteiger partial charge in [0.05, 0.1) is 0 Å². The first kappa shape index (κ1) is 23.8. The molecule has 0 N–H and O–H groups in total. The second-order valence-electron chi connectivity index (χ2n) is 8.62. The zero-order valence-electron chi connectivity index (χ0n) is 18.8. The van der Waals surface area contributed by atoms with Crippen LogP contribution in [0.25, 0.3) is 0 Å². The second-order valence-corrected chi connectivity index (χ2v) is 10.1. The van der Waals surface area contributed by atoms with Gasteiger partial charge in [0.1, 0.15) is 10.5 Å². The van der Waals surface area contributed by atoms with Gasteiger partial charge in [-0.3, -0.25) is 4.79 Å². The predicted octanol–water partition coefficient (Wildman–Crippen LogP) is 3.73. The number of piperidine rings is 1. The summed E-state index contributed by atoms with van der Waals surface area (Å²) in [4.78, 5) is 26.9. The van der Waals surface area contributed by atoms with Crippen molar-refractivity contribution in [2.75, 3.05) is 19.7 Å². The van der Waals surface area contributed by atoms with Crippen molar-refractivity contribution in [1.29, 1.82) is 0 Å². The van der Waals surface area contributed by atoms with Crippen molar-refractivity contribution in [3.63, 3.8) is 0 Å². The van der Waals surface area contributed by atoms with E-state index in [2.05, 4.69) is 13.8 Å². The van der Waals surface area contributed by atoms with Gasteiger partial charge in [0, 0.05) is 13.1 Å². The van der Waals surface area contributed by atoms with Crippen molar-refractivity contribution >= 4 is 22.0 Å². The molecule has 0 radical (unpaired) electrons. The zero-order chi connectivity index (χ0) is 23.5. The summed E-state index contributed by atoms with van der Waals surface area (Å²) < 4.78 is 36.2. The third-order valence-corrected chi connectivity index (χ3v) is 6.85. The lowest BCUT2D eigenvalue weighted by molar-refractivity contribution is -0.137. The van der Waals surface area contributed by atoms with E-state index in [1.54, 1.807) is 43.0 Å². The van der Waals surface area contributed by atoms with Crippen LogP contribution in [-0.4, -0.2) is 44.9 Å². The maximum atomic E-state index is 12.8. The van der Waals surface area contributed by atoms with Crippen molar-refractivity contribution in [1.82, 2.24) is 4.90 Å². The van der Waals surface area contributed by atoms with Gasteiger partial charge >= 0.3 is 16.1 Å². The Morgan fingerprint density at radius 2 is 1.69 bits per heavy atom. The molecule has 1 heterocycles. The second kappa shape index (κ2) is 9.73. The number of carbonyl (C=O) groups is 2. The lowest BCUT2D eigenvalue weighted by Crippen LogP contribution is -2.44. The highest BCUT2D eigenvalue weighted by atomic mass is 32.2. The number of aryl methyl sites for hydroxylation is 2. The molecular weight excluding hydrogens is 430 g/mol. The Bertz CT molecular complexity index is 1100. The molecule has 2 aromatic rings. The molecule has 0 spiro atoms. The number of rotatable bonds is 6. The molecule has 0 aromatic heterocycles. The molecule has 172 valence electrons. The lowest BCUT2D eigenvalue weighted by atomic mass is 9.92. The number of esters is 1. The number of amides is 1. The summed E-state index contributed by atoms with van der Waals surface area (Å²) in [5, 5.41) is 0. The van der Waals surface area contributed by atoms with E-state index in [1.165, 1.54) is 18.2 Å². The van der Waals surface area contributed by atoms with Crippen LogP contribution in [0.1, 0.15) is 41.8 Å². The molecule has 1 aliphatic heterocycles. The van der Waals surface area contributed by atoms with Gasteiger partial charge in [-0.05, 0) is 61.4 Å². The third kappa shape index (κ3) is 5.68. The number of hydrogen-bond donors (Lipinski definition) is 0. The minimum absolute atomic E-state index is 0.0317. The van der Waals surface area contributed by atoms with E-state index in [0.29, 0.717) is 30.5 Å². The fourth-order valence-electron chi connectivity index (χ4n) is 4.01. The van der Waals surface area contributed by atoms with Crippen LogP contribution in [0.3, 0.4) is 0 Å². The van der Waals surface area contributed by atoms with Crippen LogP contribution in [0.15, 0.2) is 47.4 Å². The van der Waals surface area contributed by atoms with Crippen LogP contribution in [-0.2, 0) is 19.6 Å². The topological polar surface area (TPSA) is 90.0 Å². The molecule has 1 fully saturated rings. The van der Waals surface area contributed by atoms with E-state index in [-0.39, 0.29) is 22.1 Å². The normalized spacial score (nSPS) is 18.8. The molecule has 1 aliphatic rings. The van der Waals surface area contributed by atoms with Crippen LogP contribution in [0.4, 0.5) is 0 Å². The van der Waals surface area contributed by atoms with Gasteiger partial charge in [0.25, 0.3) is 5.91 Å². The first-order valence-electron chi connectivity index (χ1n) is 10.6. The molecule has 1 amide bonds. The van der Waals surface area contributed by atoms with Gasteiger partial charge in [0.2, 0.25) is 0 Å².